The topological polar surface area (TPSA) is 85.3 Å². The van der Waals surface area contributed by atoms with Crippen LogP contribution < -0.4 is 14.4 Å². The van der Waals surface area contributed by atoms with E-state index in [1.807, 2.05) is 0 Å². The van der Waals surface area contributed by atoms with Crippen LogP contribution in [-0.4, -0.2) is 37.8 Å². The SMILES string of the molecule is CCOC(=O)C1=C(C)N(c2ccc(OC)cc2)C(=O)/C1=C\c1ccc(O)c(OC)c1. The molecule has 1 heterocycles. The van der Waals surface area contributed by atoms with Gasteiger partial charge in [-0.15, -0.1) is 0 Å². The second-order valence-corrected chi connectivity index (χ2v) is 6.51. The number of amides is 1. The van der Waals surface area contributed by atoms with E-state index in [1.54, 1.807) is 63.4 Å². The van der Waals surface area contributed by atoms with Crippen molar-refractivity contribution < 1.29 is 28.9 Å². The molecule has 0 spiro atoms. The lowest BCUT2D eigenvalue weighted by Gasteiger charge is -2.18. The Morgan fingerprint density at radius 1 is 1.10 bits per heavy atom. The summed E-state index contributed by atoms with van der Waals surface area (Å²) in [6.45, 7) is 3.60. The quantitative estimate of drug-likeness (QED) is 0.579. The van der Waals surface area contributed by atoms with Crippen molar-refractivity contribution in [2.24, 2.45) is 0 Å². The molecule has 1 aliphatic rings. The summed E-state index contributed by atoms with van der Waals surface area (Å²) in [5, 5.41) is 9.82. The van der Waals surface area contributed by atoms with Gasteiger partial charge in [0.05, 0.1) is 32.0 Å². The molecule has 0 atom stereocenters. The molecular weight excluding hydrogens is 386 g/mol. The van der Waals surface area contributed by atoms with Gasteiger partial charge in [-0.2, -0.15) is 0 Å². The van der Waals surface area contributed by atoms with Crippen LogP contribution in [0.5, 0.6) is 17.2 Å². The number of carbonyl (C=O) groups excluding carboxylic acids is 2. The Morgan fingerprint density at radius 2 is 1.80 bits per heavy atom. The number of hydrogen-bond donors (Lipinski definition) is 1. The summed E-state index contributed by atoms with van der Waals surface area (Å²) < 4.78 is 15.5. The highest BCUT2D eigenvalue weighted by molar-refractivity contribution is 6.23. The van der Waals surface area contributed by atoms with Crippen LogP contribution in [0.25, 0.3) is 6.08 Å². The van der Waals surface area contributed by atoms with E-state index in [1.165, 1.54) is 18.1 Å². The zero-order valence-electron chi connectivity index (χ0n) is 17.3. The average molecular weight is 409 g/mol. The first-order chi connectivity index (χ1) is 14.4. The Kier molecular flexibility index (Phi) is 6.11. The molecule has 0 fully saturated rings. The van der Waals surface area contributed by atoms with Gasteiger partial charge in [0.25, 0.3) is 5.91 Å². The molecule has 0 radical (unpaired) electrons. The lowest BCUT2D eigenvalue weighted by atomic mass is 10.0. The number of carbonyl (C=O) groups is 2. The second-order valence-electron chi connectivity index (χ2n) is 6.51. The maximum Gasteiger partial charge on any atom is 0.340 e. The number of esters is 1. The minimum atomic E-state index is -0.573. The van der Waals surface area contributed by atoms with E-state index < -0.39 is 5.97 Å². The van der Waals surface area contributed by atoms with Crippen molar-refractivity contribution >= 4 is 23.6 Å². The Labute approximate surface area is 174 Å². The van der Waals surface area contributed by atoms with Crippen molar-refractivity contribution in [2.45, 2.75) is 13.8 Å². The van der Waals surface area contributed by atoms with Crippen LogP contribution in [-0.2, 0) is 14.3 Å². The van der Waals surface area contributed by atoms with Crippen LogP contribution >= 0.6 is 0 Å². The van der Waals surface area contributed by atoms with Gasteiger partial charge in [-0.3, -0.25) is 9.69 Å². The fourth-order valence-corrected chi connectivity index (χ4v) is 3.27. The number of ether oxygens (including phenoxy) is 3. The van der Waals surface area contributed by atoms with Gasteiger partial charge in [0.1, 0.15) is 5.75 Å². The molecular formula is C23H23NO6. The molecule has 1 amide bonds. The molecule has 156 valence electrons. The molecule has 30 heavy (non-hydrogen) atoms. The third kappa shape index (κ3) is 3.87. The van der Waals surface area contributed by atoms with E-state index >= 15 is 0 Å². The summed E-state index contributed by atoms with van der Waals surface area (Å²) in [6.07, 6.45) is 1.59. The molecule has 1 N–H and O–H groups in total. The number of methoxy groups -OCH3 is 2. The molecule has 0 saturated heterocycles. The van der Waals surface area contributed by atoms with Gasteiger partial charge in [-0.1, -0.05) is 6.07 Å². The van der Waals surface area contributed by atoms with Gasteiger partial charge in [0.2, 0.25) is 0 Å². The van der Waals surface area contributed by atoms with E-state index in [0.29, 0.717) is 22.7 Å². The van der Waals surface area contributed by atoms with E-state index in [0.717, 1.165) is 0 Å². The Balaban J connectivity index is 2.11. The lowest BCUT2D eigenvalue weighted by molar-refractivity contribution is -0.138. The summed E-state index contributed by atoms with van der Waals surface area (Å²) in [5.74, 6) is -0.0245. The van der Waals surface area contributed by atoms with Gasteiger partial charge in [0.15, 0.2) is 11.5 Å². The minimum Gasteiger partial charge on any atom is -0.504 e. The van der Waals surface area contributed by atoms with Gasteiger partial charge in [0, 0.05) is 11.4 Å². The number of anilines is 1. The summed E-state index contributed by atoms with van der Waals surface area (Å²) >= 11 is 0. The molecule has 1 aliphatic heterocycles. The number of phenols is 1. The third-order valence-electron chi connectivity index (χ3n) is 4.73. The fraction of sp³-hybridized carbons (Fsp3) is 0.217. The molecule has 0 bridgehead atoms. The number of aromatic hydroxyl groups is 1. The summed E-state index contributed by atoms with van der Waals surface area (Å²) in [5.41, 5.74) is 2.07. The molecule has 2 aromatic rings. The van der Waals surface area contributed by atoms with E-state index in [4.69, 9.17) is 14.2 Å². The molecule has 3 rings (SSSR count). The number of hydrogen-bond acceptors (Lipinski definition) is 6. The van der Waals surface area contributed by atoms with E-state index in [-0.39, 0.29) is 35.2 Å². The number of rotatable bonds is 6. The Hall–Kier alpha value is -3.74. The van der Waals surface area contributed by atoms with Crippen LogP contribution in [0.3, 0.4) is 0 Å². The Morgan fingerprint density at radius 3 is 2.40 bits per heavy atom. The zero-order valence-corrected chi connectivity index (χ0v) is 17.3. The highest BCUT2D eigenvalue weighted by Crippen LogP contribution is 2.37. The normalized spacial score (nSPS) is 15.0. The molecule has 0 aliphatic carbocycles. The third-order valence-corrected chi connectivity index (χ3v) is 4.73. The standard InChI is InChI=1S/C23H23NO6/c1-5-30-23(27)21-14(2)24(16-7-9-17(28-3)10-8-16)22(26)18(21)12-15-6-11-19(25)20(13-15)29-4/h6-13,25H,5H2,1-4H3/b18-12-. The largest absolute Gasteiger partial charge is 0.504 e. The van der Waals surface area contributed by atoms with Crippen molar-refractivity contribution in [3.63, 3.8) is 0 Å². The van der Waals surface area contributed by atoms with Crippen molar-refractivity contribution in [1.29, 1.82) is 0 Å². The van der Waals surface area contributed by atoms with Crippen LogP contribution in [0.2, 0.25) is 0 Å². The first-order valence-electron chi connectivity index (χ1n) is 9.36. The molecule has 2 aromatic carbocycles. The molecule has 0 aromatic heterocycles. The fourth-order valence-electron chi connectivity index (χ4n) is 3.27. The summed E-state index contributed by atoms with van der Waals surface area (Å²) in [7, 11) is 3.00. The van der Waals surface area contributed by atoms with Crippen LogP contribution in [0.4, 0.5) is 5.69 Å². The Bertz CT molecular complexity index is 1040. The number of benzene rings is 2. The highest BCUT2D eigenvalue weighted by atomic mass is 16.5. The van der Waals surface area contributed by atoms with Crippen molar-refractivity contribution in [3.05, 3.63) is 64.9 Å². The first-order valence-corrected chi connectivity index (χ1v) is 9.36. The second kappa shape index (κ2) is 8.73. The van der Waals surface area contributed by atoms with Crippen molar-refractivity contribution in [3.8, 4) is 17.2 Å². The monoisotopic (exact) mass is 409 g/mol. The smallest absolute Gasteiger partial charge is 0.340 e. The van der Waals surface area contributed by atoms with Crippen molar-refractivity contribution in [2.75, 3.05) is 25.7 Å². The van der Waals surface area contributed by atoms with Gasteiger partial charge in [-0.05, 0) is 61.9 Å². The minimum absolute atomic E-state index is 0.0189. The highest BCUT2D eigenvalue weighted by Gasteiger charge is 2.38. The van der Waals surface area contributed by atoms with Gasteiger partial charge >= 0.3 is 5.97 Å². The van der Waals surface area contributed by atoms with Crippen LogP contribution in [0.1, 0.15) is 19.4 Å². The summed E-state index contributed by atoms with van der Waals surface area (Å²) in [4.78, 5) is 27.5. The van der Waals surface area contributed by atoms with Crippen LogP contribution in [0, 0.1) is 0 Å². The van der Waals surface area contributed by atoms with E-state index in [2.05, 4.69) is 0 Å². The predicted molar refractivity (Wildman–Crippen MR) is 112 cm³/mol. The lowest BCUT2D eigenvalue weighted by Crippen LogP contribution is -2.24. The first kappa shape index (κ1) is 21.0. The summed E-state index contributed by atoms with van der Waals surface area (Å²) in [6, 6.07) is 11.7. The number of phenolic OH excluding ortho intramolecular Hbond substituents is 1. The van der Waals surface area contributed by atoms with Crippen molar-refractivity contribution in [1.82, 2.24) is 0 Å². The van der Waals surface area contributed by atoms with Gasteiger partial charge in [-0.25, -0.2) is 4.79 Å². The zero-order chi connectivity index (χ0) is 21.8. The van der Waals surface area contributed by atoms with Crippen LogP contribution in [0.15, 0.2) is 59.3 Å². The maximum absolute atomic E-state index is 13.3. The maximum atomic E-state index is 13.3. The number of allylic oxidation sites excluding steroid dienone is 1. The molecule has 7 nitrogen and oxygen atoms in total. The van der Waals surface area contributed by atoms with E-state index in [9.17, 15) is 14.7 Å². The predicted octanol–water partition coefficient (Wildman–Crippen LogP) is 3.68. The van der Waals surface area contributed by atoms with Gasteiger partial charge < -0.3 is 19.3 Å². The number of nitrogens with zero attached hydrogens (tertiary/aromatic N) is 1. The molecule has 0 unspecified atom stereocenters. The molecule has 0 saturated carbocycles. The average Bonchev–Trinajstić information content (AvgIpc) is 2.99. The molecule has 7 heteroatoms.